The molecule has 1 aromatic rings. The molecule has 1 rings (SSSR count). The Morgan fingerprint density at radius 1 is 1.26 bits per heavy atom. The zero-order valence-electron chi connectivity index (χ0n) is 12.3. The van der Waals surface area contributed by atoms with Gasteiger partial charge >= 0.3 is 0 Å². The average molecular weight is 271 g/mol. The fraction of sp³-hybridized carbons (Fsp3) is 0.600. The van der Waals surface area contributed by atoms with E-state index in [-0.39, 0.29) is 11.5 Å². The first kappa shape index (κ1) is 16.1. The third kappa shape index (κ3) is 3.98. The Bertz CT molecular complexity index is 415. The van der Waals surface area contributed by atoms with Gasteiger partial charge in [-0.05, 0) is 37.6 Å². The smallest absolute Gasteiger partial charge is 0.128 e. The van der Waals surface area contributed by atoms with Gasteiger partial charge in [0.1, 0.15) is 11.6 Å². The van der Waals surface area contributed by atoms with E-state index in [1.54, 1.807) is 7.05 Å². The maximum atomic E-state index is 13.9. The van der Waals surface area contributed by atoms with E-state index in [1.165, 1.54) is 6.07 Å². The van der Waals surface area contributed by atoms with Crippen LogP contribution in [0.25, 0.3) is 0 Å². The van der Waals surface area contributed by atoms with Crippen molar-refractivity contribution in [3.8, 4) is 0 Å². The number of halogens is 2. The van der Waals surface area contributed by atoms with Gasteiger partial charge in [0, 0.05) is 12.2 Å². The fourth-order valence-corrected chi connectivity index (χ4v) is 2.25. The van der Waals surface area contributed by atoms with Crippen LogP contribution in [0.5, 0.6) is 0 Å². The van der Waals surface area contributed by atoms with E-state index in [0.717, 1.165) is 12.1 Å². The van der Waals surface area contributed by atoms with Crippen LogP contribution in [0.4, 0.5) is 8.78 Å². The van der Waals surface area contributed by atoms with Crippen LogP contribution >= 0.6 is 0 Å². The highest BCUT2D eigenvalue weighted by Crippen LogP contribution is 2.33. The Labute approximate surface area is 114 Å². The van der Waals surface area contributed by atoms with Crippen LogP contribution in [0.3, 0.4) is 0 Å². The van der Waals surface area contributed by atoms with Crippen molar-refractivity contribution in [1.82, 2.24) is 5.32 Å². The molecule has 0 amide bonds. The van der Waals surface area contributed by atoms with Crippen molar-refractivity contribution in [2.75, 3.05) is 13.7 Å². The van der Waals surface area contributed by atoms with Crippen molar-refractivity contribution in [1.29, 1.82) is 0 Å². The predicted molar refractivity (Wildman–Crippen MR) is 73.0 cm³/mol. The topological polar surface area (TPSA) is 21.3 Å². The summed E-state index contributed by atoms with van der Waals surface area (Å²) < 4.78 is 33.0. The first-order valence-electron chi connectivity index (χ1n) is 6.55. The average Bonchev–Trinajstić information content (AvgIpc) is 2.32. The van der Waals surface area contributed by atoms with Gasteiger partial charge in [-0.2, -0.15) is 0 Å². The molecule has 0 heterocycles. The second-order valence-electron chi connectivity index (χ2n) is 5.67. The summed E-state index contributed by atoms with van der Waals surface area (Å²) >= 11 is 0. The second kappa shape index (κ2) is 6.44. The largest absolute Gasteiger partial charge is 0.376 e. The third-order valence-corrected chi connectivity index (χ3v) is 3.11. The van der Waals surface area contributed by atoms with E-state index < -0.39 is 17.7 Å². The Morgan fingerprint density at radius 2 is 1.89 bits per heavy atom. The standard InChI is InChI=1S/C15H23F2NO/c1-6-19-14(15(2,3)4)13(18-5)11-9-10(16)7-8-12(11)17/h7-9,13-14,18H,6H2,1-5H3. The lowest BCUT2D eigenvalue weighted by molar-refractivity contribution is -0.0358. The highest BCUT2D eigenvalue weighted by molar-refractivity contribution is 5.24. The van der Waals surface area contributed by atoms with Gasteiger partial charge in [-0.25, -0.2) is 8.78 Å². The summed E-state index contributed by atoms with van der Waals surface area (Å²) in [6.45, 7) is 8.49. The Kier molecular flexibility index (Phi) is 5.44. The van der Waals surface area contributed by atoms with Crippen LogP contribution in [0, 0.1) is 17.0 Å². The Balaban J connectivity index is 3.19. The first-order valence-corrected chi connectivity index (χ1v) is 6.55. The van der Waals surface area contributed by atoms with Crippen molar-refractivity contribution in [3.05, 3.63) is 35.4 Å². The summed E-state index contributed by atoms with van der Waals surface area (Å²) in [4.78, 5) is 0. The number of hydrogen-bond acceptors (Lipinski definition) is 2. The molecule has 0 bridgehead atoms. The zero-order chi connectivity index (χ0) is 14.6. The van der Waals surface area contributed by atoms with E-state index in [0.29, 0.717) is 12.2 Å². The molecule has 0 saturated heterocycles. The lowest BCUT2D eigenvalue weighted by Gasteiger charge is -2.37. The second-order valence-corrected chi connectivity index (χ2v) is 5.67. The van der Waals surface area contributed by atoms with E-state index in [2.05, 4.69) is 5.32 Å². The van der Waals surface area contributed by atoms with E-state index in [4.69, 9.17) is 4.74 Å². The summed E-state index contributed by atoms with van der Waals surface area (Å²) in [5, 5.41) is 3.05. The van der Waals surface area contributed by atoms with E-state index in [9.17, 15) is 8.78 Å². The predicted octanol–water partition coefficient (Wildman–Crippen LogP) is 3.68. The van der Waals surface area contributed by atoms with Crippen LogP contribution in [-0.4, -0.2) is 19.8 Å². The highest BCUT2D eigenvalue weighted by atomic mass is 19.1. The Hall–Kier alpha value is -1.00. The molecular formula is C15H23F2NO. The summed E-state index contributed by atoms with van der Waals surface area (Å²) in [6.07, 6.45) is -0.251. The van der Waals surface area contributed by atoms with Gasteiger partial charge < -0.3 is 10.1 Å². The molecule has 0 radical (unpaired) electrons. The molecule has 2 nitrogen and oxygen atoms in total. The van der Waals surface area contributed by atoms with Gasteiger partial charge in [-0.3, -0.25) is 0 Å². The molecule has 0 aliphatic carbocycles. The number of nitrogens with one attached hydrogen (secondary N) is 1. The van der Waals surface area contributed by atoms with Crippen LogP contribution in [-0.2, 0) is 4.74 Å². The number of likely N-dealkylation sites (N-methyl/N-ethyl adjacent to an activating group) is 1. The highest BCUT2D eigenvalue weighted by Gasteiger charge is 2.34. The molecule has 0 aromatic heterocycles. The van der Waals surface area contributed by atoms with Crippen LogP contribution in [0.1, 0.15) is 39.3 Å². The maximum Gasteiger partial charge on any atom is 0.128 e. The van der Waals surface area contributed by atoms with Gasteiger partial charge in [-0.15, -0.1) is 0 Å². The quantitative estimate of drug-likeness (QED) is 0.882. The molecule has 1 N–H and O–H groups in total. The molecule has 108 valence electrons. The minimum Gasteiger partial charge on any atom is -0.376 e. The number of ether oxygens (including phenoxy) is 1. The molecule has 0 aliphatic rings. The lowest BCUT2D eigenvalue weighted by Crippen LogP contribution is -2.41. The molecule has 19 heavy (non-hydrogen) atoms. The summed E-state index contributed by atoms with van der Waals surface area (Å²) in [5.74, 6) is -0.865. The lowest BCUT2D eigenvalue weighted by atomic mass is 9.82. The molecule has 1 aromatic carbocycles. The minimum absolute atomic E-state index is 0.192. The SMILES string of the molecule is CCOC(C(NC)c1cc(F)ccc1F)C(C)(C)C. The summed E-state index contributed by atoms with van der Waals surface area (Å²) in [6, 6.07) is 3.11. The Morgan fingerprint density at radius 3 is 2.37 bits per heavy atom. The summed E-state index contributed by atoms with van der Waals surface area (Å²) in [7, 11) is 1.73. The number of hydrogen-bond donors (Lipinski definition) is 1. The molecule has 2 atom stereocenters. The van der Waals surface area contributed by atoms with Crippen molar-refractivity contribution in [2.45, 2.75) is 39.8 Å². The van der Waals surface area contributed by atoms with Crippen molar-refractivity contribution >= 4 is 0 Å². The minimum atomic E-state index is -0.444. The maximum absolute atomic E-state index is 13.9. The van der Waals surface area contributed by atoms with Crippen LogP contribution in [0.2, 0.25) is 0 Å². The van der Waals surface area contributed by atoms with Crippen LogP contribution < -0.4 is 5.32 Å². The van der Waals surface area contributed by atoms with E-state index >= 15 is 0 Å². The monoisotopic (exact) mass is 271 g/mol. The third-order valence-electron chi connectivity index (χ3n) is 3.11. The van der Waals surface area contributed by atoms with Crippen molar-refractivity contribution in [2.24, 2.45) is 5.41 Å². The fourth-order valence-electron chi connectivity index (χ4n) is 2.25. The summed E-state index contributed by atoms with van der Waals surface area (Å²) in [5.41, 5.74) is 0.110. The molecular weight excluding hydrogens is 248 g/mol. The molecule has 4 heteroatoms. The van der Waals surface area contributed by atoms with Gasteiger partial charge in [0.15, 0.2) is 0 Å². The zero-order valence-corrected chi connectivity index (χ0v) is 12.3. The van der Waals surface area contributed by atoms with Gasteiger partial charge in [0.2, 0.25) is 0 Å². The molecule has 0 saturated carbocycles. The first-order chi connectivity index (χ1) is 8.81. The van der Waals surface area contributed by atoms with Crippen molar-refractivity contribution in [3.63, 3.8) is 0 Å². The van der Waals surface area contributed by atoms with Crippen LogP contribution in [0.15, 0.2) is 18.2 Å². The molecule has 0 aliphatic heterocycles. The normalized spacial score (nSPS) is 15.3. The number of rotatable bonds is 5. The molecule has 0 fully saturated rings. The molecule has 0 spiro atoms. The van der Waals surface area contributed by atoms with Crippen molar-refractivity contribution < 1.29 is 13.5 Å². The number of benzene rings is 1. The van der Waals surface area contributed by atoms with E-state index in [1.807, 2.05) is 27.7 Å². The van der Waals surface area contributed by atoms with Gasteiger partial charge in [0.25, 0.3) is 0 Å². The van der Waals surface area contributed by atoms with Gasteiger partial charge in [-0.1, -0.05) is 20.8 Å². The molecule has 2 unspecified atom stereocenters. The van der Waals surface area contributed by atoms with Gasteiger partial charge in [0.05, 0.1) is 12.1 Å².